The molecule has 0 spiro atoms. The maximum absolute atomic E-state index is 12.8. The Morgan fingerprint density at radius 3 is 2.68 bits per heavy atom. The Balaban J connectivity index is 1.61. The number of nitrogens with zero attached hydrogens (tertiary/aromatic N) is 1. The van der Waals surface area contributed by atoms with Crippen LogP contribution in [0.1, 0.15) is 36.5 Å². The molecule has 0 bridgehead atoms. The monoisotopic (exact) mass is 379 g/mol. The third-order valence-corrected chi connectivity index (χ3v) is 5.49. The molecule has 1 saturated heterocycles. The fourth-order valence-corrected chi connectivity index (χ4v) is 3.73. The van der Waals surface area contributed by atoms with Crippen LogP contribution < -0.4 is 15.5 Å². The van der Waals surface area contributed by atoms with Gasteiger partial charge in [0.15, 0.2) is 0 Å². The highest BCUT2D eigenvalue weighted by atomic mass is 16.2. The Bertz CT molecular complexity index is 801. The van der Waals surface area contributed by atoms with E-state index in [4.69, 9.17) is 0 Å². The van der Waals surface area contributed by atoms with Crippen LogP contribution in [0, 0.1) is 11.8 Å². The van der Waals surface area contributed by atoms with E-state index in [9.17, 15) is 9.59 Å². The molecule has 0 aromatic heterocycles. The van der Waals surface area contributed by atoms with Crippen molar-refractivity contribution >= 4 is 23.2 Å². The highest BCUT2D eigenvalue weighted by molar-refractivity contribution is 6.06. The number of hydrogen-bond acceptors (Lipinski definition) is 3. The summed E-state index contributed by atoms with van der Waals surface area (Å²) in [6.45, 7) is 4.21. The summed E-state index contributed by atoms with van der Waals surface area (Å²) < 4.78 is 0. The molecule has 0 radical (unpaired) electrons. The van der Waals surface area contributed by atoms with Gasteiger partial charge in [-0.2, -0.15) is 0 Å². The second-order valence-corrected chi connectivity index (χ2v) is 7.62. The lowest BCUT2D eigenvalue weighted by Crippen LogP contribution is -2.34. The Morgan fingerprint density at radius 1 is 1.18 bits per heavy atom. The summed E-state index contributed by atoms with van der Waals surface area (Å²) in [5.41, 5.74) is 2.04. The minimum atomic E-state index is -0.107. The van der Waals surface area contributed by atoms with Crippen LogP contribution in [0.3, 0.4) is 0 Å². The molecule has 2 aromatic carbocycles. The van der Waals surface area contributed by atoms with E-state index >= 15 is 0 Å². The maximum atomic E-state index is 12.8. The number of anilines is 2. The normalized spacial score (nSPS) is 17.6. The molecule has 5 nitrogen and oxygen atoms in total. The van der Waals surface area contributed by atoms with E-state index < -0.39 is 0 Å². The molecule has 3 rings (SSSR count). The van der Waals surface area contributed by atoms with Crippen molar-refractivity contribution in [3.8, 4) is 0 Å². The third-order valence-electron chi connectivity index (χ3n) is 5.49. The number of piperidine rings is 1. The fraction of sp³-hybridized carbons (Fsp3) is 0.391. The lowest BCUT2D eigenvalue weighted by Gasteiger charge is -2.28. The zero-order valence-corrected chi connectivity index (χ0v) is 16.7. The van der Waals surface area contributed by atoms with E-state index in [1.54, 1.807) is 30.1 Å². The van der Waals surface area contributed by atoms with Crippen LogP contribution in [0.4, 0.5) is 11.4 Å². The number of hydrogen-bond donors (Lipinski definition) is 2. The zero-order valence-electron chi connectivity index (χ0n) is 16.7. The molecule has 1 heterocycles. The first-order valence-corrected chi connectivity index (χ1v) is 9.98. The van der Waals surface area contributed by atoms with Gasteiger partial charge in [0, 0.05) is 30.4 Å². The summed E-state index contributed by atoms with van der Waals surface area (Å²) in [5.74, 6) is 0.775. The molecule has 0 aliphatic carbocycles. The Kier molecular flexibility index (Phi) is 6.82. The standard InChI is InChI=1S/C23H29N3O2/c1-17(19-9-7-13-24-16-19)14-22(27)25-20-10-6-8-18(15-20)23(28)26(2)21-11-4-3-5-12-21/h3-6,8,10-12,15,17,19,24H,7,9,13-14,16H2,1-2H3,(H,25,27). The van der Waals surface area contributed by atoms with Crippen molar-refractivity contribution in [3.63, 3.8) is 0 Å². The number of para-hydroxylation sites is 1. The van der Waals surface area contributed by atoms with Gasteiger partial charge in [-0.25, -0.2) is 0 Å². The smallest absolute Gasteiger partial charge is 0.258 e. The van der Waals surface area contributed by atoms with Crippen molar-refractivity contribution in [1.29, 1.82) is 0 Å². The van der Waals surface area contributed by atoms with Gasteiger partial charge in [0.1, 0.15) is 0 Å². The van der Waals surface area contributed by atoms with Gasteiger partial charge in [0.2, 0.25) is 5.91 Å². The lowest BCUT2D eigenvalue weighted by molar-refractivity contribution is -0.117. The predicted molar refractivity (Wildman–Crippen MR) is 114 cm³/mol. The molecule has 2 N–H and O–H groups in total. The van der Waals surface area contributed by atoms with Crippen molar-refractivity contribution < 1.29 is 9.59 Å². The molecule has 1 aliphatic heterocycles. The van der Waals surface area contributed by atoms with Gasteiger partial charge < -0.3 is 15.5 Å². The molecule has 2 unspecified atom stereocenters. The summed E-state index contributed by atoms with van der Waals surface area (Å²) in [7, 11) is 1.75. The molecule has 1 fully saturated rings. The van der Waals surface area contributed by atoms with Crippen molar-refractivity contribution in [2.24, 2.45) is 11.8 Å². The van der Waals surface area contributed by atoms with Crippen LogP contribution in [-0.2, 0) is 4.79 Å². The molecule has 2 aromatic rings. The van der Waals surface area contributed by atoms with Gasteiger partial charge in [0.25, 0.3) is 5.91 Å². The van der Waals surface area contributed by atoms with Gasteiger partial charge in [-0.1, -0.05) is 31.2 Å². The van der Waals surface area contributed by atoms with Crippen LogP contribution >= 0.6 is 0 Å². The Hall–Kier alpha value is -2.66. The first-order valence-electron chi connectivity index (χ1n) is 9.98. The number of carbonyl (C=O) groups is 2. The van der Waals surface area contributed by atoms with E-state index in [-0.39, 0.29) is 11.8 Å². The van der Waals surface area contributed by atoms with Crippen molar-refractivity contribution in [3.05, 3.63) is 60.2 Å². The van der Waals surface area contributed by atoms with E-state index in [1.807, 2.05) is 36.4 Å². The molecule has 28 heavy (non-hydrogen) atoms. The van der Waals surface area contributed by atoms with E-state index in [2.05, 4.69) is 17.6 Å². The Morgan fingerprint density at radius 2 is 1.96 bits per heavy atom. The van der Waals surface area contributed by atoms with Crippen molar-refractivity contribution in [1.82, 2.24) is 5.32 Å². The highest BCUT2D eigenvalue weighted by Gasteiger charge is 2.22. The number of rotatable bonds is 6. The lowest BCUT2D eigenvalue weighted by atomic mass is 9.85. The second kappa shape index (κ2) is 9.51. The molecule has 2 amide bonds. The SMILES string of the molecule is CC(CC(=O)Nc1cccc(C(=O)N(C)c2ccccc2)c1)C1CCCNC1. The molecular formula is C23H29N3O2. The van der Waals surface area contributed by atoms with Crippen LogP contribution in [0.2, 0.25) is 0 Å². The van der Waals surface area contributed by atoms with E-state index in [0.717, 1.165) is 18.8 Å². The zero-order chi connectivity index (χ0) is 19.9. The molecule has 2 atom stereocenters. The molecule has 1 aliphatic rings. The molecule has 5 heteroatoms. The van der Waals surface area contributed by atoms with Crippen LogP contribution in [0.15, 0.2) is 54.6 Å². The average molecular weight is 380 g/mol. The van der Waals surface area contributed by atoms with Crippen molar-refractivity contribution in [2.45, 2.75) is 26.2 Å². The minimum absolute atomic E-state index is 0.000846. The van der Waals surface area contributed by atoms with Gasteiger partial charge in [-0.3, -0.25) is 9.59 Å². The number of amides is 2. The fourth-order valence-electron chi connectivity index (χ4n) is 3.73. The Labute approximate surface area is 167 Å². The number of benzene rings is 2. The van der Waals surface area contributed by atoms with E-state index in [1.165, 1.54) is 12.8 Å². The number of carbonyl (C=O) groups excluding carboxylic acids is 2. The van der Waals surface area contributed by atoms with Gasteiger partial charge >= 0.3 is 0 Å². The quantitative estimate of drug-likeness (QED) is 0.799. The van der Waals surface area contributed by atoms with Crippen LogP contribution in [0.5, 0.6) is 0 Å². The van der Waals surface area contributed by atoms with Gasteiger partial charge in [-0.05, 0) is 68.1 Å². The average Bonchev–Trinajstić information content (AvgIpc) is 2.74. The van der Waals surface area contributed by atoms with Gasteiger partial charge in [0.05, 0.1) is 0 Å². The second-order valence-electron chi connectivity index (χ2n) is 7.62. The maximum Gasteiger partial charge on any atom is 0.258 e. The highest BCUT2D eigenvalue weighted by Crippen LogP contribution is 2.23. The first kappa shape index (κ1) is 20.1. The molecule has 0 saturated carbocycles. The van der Waals surface area contributed by atoms with E-state index in [0.29, 0.717) is 29.5 Å². The van der Waals surface area contributed by atoms with Crippen molar-refractivity contribution in [2.75, 3.05) is 30.4 Å². The first-order chi connectivity index (χ1) is 13.5. The topological polar surface area (TPSA) is 61.4 Å². The summed E-state index contributed by atoms with van der Waals surface area (Å²) in [5, 5.41) is 6.36. The number of nitrogens with one attached hydrogen (secondary N) is 2. The molecule has 148 valence electrons. The largest absolute Gasteiger partial charge is 0.326 e. The van der Waals surface area contributed by atoms with Crippen LogP contribution in [-0.4, -0.2) is 32.0 Å². The minimum Gasteiger partial charge on any atom is -0.326 e. The summed E-state index contributed by atoms with van der Waals surface area (Å²) >= 11 is 0. The van der Waals surface area contributed by atoms with Gasteiger partial charge in [-0.15, -0.1) is 0 Å². The summed E-state index contributed by atoms with van der Waals surface area (Å²) in [4.78, 5) is 26.9. The molecular weight excluding hydrogens is 350 g/mol. The predicted octanol–water partition coefficient (Wildman–Crippen LogP) is 3.93. The summed E-state index contributed by atoms with van der Waals surface area (Å²) in [6, 6.07) is 16.6. The van der Waals surface area contributed by atoms with Crippen LogP contribution in [0.25, 0.3) is 0 Å². The summed E-state index contributed by atoms with van der Waals surface area (Å²) in [6.07, 6.45) is 2.85. The third kappa shape index (κ3) is 5.20.